The Kier molecular flexibility index (Phi) is 5.61. The van der Waals surface area contributed by atoms with E-state index in [0.29, 0.717) is 12.8 Å². The van der Waals surface area contributed by atoms with E-state index >= 15 is 0 Å². The third-order valence-corrected chi connectivity index (χ3v) is 10.2. The molecular weight excluding hydrogens is 467 g/mol. The van der Waals surface area contributed by atoms with Gasteiger partial charge in [0.2, 0.25) is 10.0 Å². The van der Waals surface area contributed by atoms with Gasteiger partial charge in [0.05, 0.1) is 11.3 Å². The van der Waals surface area contributed by atoms with Gasteiger partial charge in [0.25, 0.3) is 0 Å². The second kappa shape index (κ2) is 7.56. The summed E-state index contributed by atoms with van der Waals surface area (Å²) in [4.78, 5) is 18.4. The molecule has 3 fully saturated rings. The van der Waals surface area contributed by atoms with Gasteiger partial charge in [-0.15, -0.1) is 0 Å². The zero-order valence-corrected chi connectivity index (χ0v) is 19.8. The molecule has 2 saturated carbocycles. The minimum atomic E-state index is -4.59. The average molecular weight is 494 g/mol. The van der Waals surface area contributed by atoms with Gasteiger partial charge in [0, 0.05) is 37.5 Å². The molecule has 1 aromatic rings. The third-order valence-electron chi connectivity index (χ3n) is 7.99. The molecule has 178 valence electrons. The van der Waals surface area contributed by atoms with Crippen molar-refractivity contribution in [3.63, 3.8) is 0 Å². The van der Waals surface area contributed by atoms with Crippen LogP contribution in [-0.4, -0.2) is 54.9 Å². The molecule has 6 nitrogen and oxygen atoms in total. The Balaban J connectivity index is 1.50. The first-order valence-corrected chi connectivity index (χ1v) is 12.7. The van der Waals surface area contributed by atoms with E-state index in [0.717, 1.165) is 12.5 Å². The van der Waals surface area contributed by atoms with Crippen molar-refractivity contribution >= 4 is 33.2 Å². The predicted octanol–water partition coefficient (Wildman–Crippen LogP) is 3.99. The van der Waals surface area contributed by atoms with Gasteiger partial charge in [-0.05, 0) is 43.2 Å². The zero-order valence-electron chi connectivity index (χ0n) is 18.2. The summed E-state index contributed by atoms with van der Waals surface area (Å²) in [6.07, 6.45) is -2.66. The van der Waals surface area contributed by atoms with E-state index in [4.69, 9.17) is 11.6 Å². The number of sulfonamides is 1. The maximum atomic E-state index is 13.3. The lowest BCUT2D eigenvalue weighted by molar-refractivity contribution is -0.137. The fourth-order valence-corrected chi connectivity index (χ4v) is 8.37. The molecule has 0 unspecified atom stereocenters. The number of nitrogens with zero attached hydrogens (tertiary/aromatic N) is 3. The quantitative estimate of drug-likeness (QED) is 0.593. The highest BCUT2D eigenvalue weighted by molar-refractivity contribution is 7.89. The van der Waals surface area contributed by atoms with E-state index in [9.17, 15) is 26.4 Å². The number of rotatable bonds is 4. The summed E-state index contributed by atoms with van der Waals surface area (Å²) in [5.41, 5.74) is -2.18. The summed E-state index contributed by atoms with van der Waals surface area (Å²) in [6, 6.07) is 1.83. The maximum Gasteiger partial charge on any atom is 0.419 e. The highest BCUT2D eigenvalue weighted by atomic mass is 35.5. The van der Waals surface area contributed by atoms with Crippen LogP contribution in [0.25, 0.3) is 0 Å². The van der Waals surface area contributed by atoms with Crippen molar-refractivity contribution in [3.8, 4) is 0 Å². The number of piperazine rings is 1. The minimum absolute atomic E-state index is 0.0533. The first-order valence-electron chi connectivity index (χ1n) is 10.7. The van der Waals surface area contributed by atoms with Crippen LogP contribution in [0.3, 0.4) is 0 Å². The molecule has 1 saturated heterocycles. The molecule has 0 amide bonds. The van der Waals surface area contributed by atoms with E-state index in [1.54, 1.807) is 11.8 Å². The monoisotopic (exact) mass is 493 g/mol. The standard InChI is InChI=1S/C21H27ClF3N3O3S/c1-13-11-27(8-9-28(13)17-5-4-15(18(22)26-17)21(23,24)25)32(30,31)12-20-7-6-14(10-16(20)29)19(20,2)3/h4-5,13-14H,6-12H2,1-3H3/t13-,14+,20-/m0/s1. The Morgan fingerprint density at radius 1 is 1.25 bits per heavy atom. The molecule has 0 spiro atoms. The fraction of sp³-hybridized carbons (Fsp3) is 0.714. The number of ketones is 1. The summed E-state index contributed by atoms with van der Waals surface area (Å²) in [7, 11) is -3.70. The van der Waals surface area contributed by atoms with Gasteiger partial charge < -0.3 is 4.90 Å². The number of aromatic nitrogens is 1. The summed E-state index contributed by atoms with van der Waals surface area (Å²) in [6.45, 7) is 6.40. The second-order valence-corrected chi connectivity index (χ2v) is 12.2. The summed E-state index contributed by atoms with van der Waals surface area (Å²) >= 11 is 5.76. The Morgan fingerprint density at radius 2 is 1.94 bits per heavy atom. The third kappa shape index (κ3) is 3.62. The smallest absolute Gasteiger partial charge is 0.351 e. The molecule has 1 aliphatic heterocycles. The topological polar surface area (TPSA) is 70.6 Å². The summed E-state index contributed by atoms with van der Waals surface area (Å²) in [5, 5.41) is -0.630. The summed E-state index contributed by atoms with van der Waals surface area (Å²) < 4.78 is 67.0. The Labute approximate surface area is 191 Å². The lowest BCUT2D eigenvalue weighted by Crippen LogP contribution is -2.56. The molecular formula is C21H27ClF3N3O3S. The molecule has 4 rings (SSSR count). The van der Waals surface area contributed by atoms with Crippen LogP contribution in [0.2, 0.25) is 5.15 Å². The van der Waals surface area contributed by atoms with Gasteiger partial charge in [0.1, 0.15) is 16.8 Å². The van der Waals surface area contributed by atoms with Crippen molar-refractivity contribution in [1.82, 2.24) is 9.29 Å². The van der Waals surface area contributed by atoms with Crippen molar-refractivity contribution < 1.29 is 26.4 Å². The first kappa shape index (κ1) is 23.8. The Morgan fingerprint density at radius 3 is 2.44 bits per heavy atom. The number of carbonyl (C=O) groups excluding carboxylic acids is 1. The van der Waals surface area contributed by atoms with Gasteiger partial charge in [-0.1, -0.05) is 25.4 Å². The Bertz CT molecular complexity index is 1050. The number of alkyl halides is 3. The number of fused-ring (bicyclic) bond motifs is 2. The van der Waals surface area contributed by atoms with Crippen LogP contribution in [0.15, 0.2) is 12.1 Å². The molecule has 2 aliphatic carbocycles. The molecule has 0 aromatic carbocycles. The molecule has 3 aliphatic rings. The van der Waals surface area contributed by atoms with E-state index in [2.05, 4.69) is 4.98 Å². The van der Waals surface area contributed by atoms with Gasteiger partial charge >= 0.3 is 6.18 Å². The largest absolute Gasteiger partial charge is 0.419 e. The lowest BCUT2D eigenvalue weighted by atomic mass is 9.70. The fourth-order valence-electron chi connectivity index (χ4n) is 5.82. The highest BCUT2D eigenvalue weighted by Gasteiger charge is 2.65. The molecule has 3 atom stereocenters. The van der Waals surface area contributed by atoms with Crippen molar-refractivity contribution in [2.75, 3.05) is 30.3 Å². The van der Waals surface area contributed by atoms with Crippen molar-refractivity contribution in [1.29, 1.82) is 0 Å². The zero-order chi connectivity index (χ0) is 23.7. The van der Waals surface area contributed by atoms with Crippen LogP contribution in [0, 0.1) is 16.7 Å². The number of pyridine rings is 1. The number of halogens is 4. The molecule has 11 heteroatoms. The van der Waals surface area contributed by atoms with Gasteiger partial charge in [-0.2, -0.15) is 17.5 Å². The number of anilines is 1. The lowest BCUT2D eigenvalue weighted by Gasteiger charge is -2.42. The van der Waals surface area contributed by atoms with Crippen LogP contribution in [0.4, 0.5) is 19.0 Å². The molecule has 1 aromatic heterocycles. The first-order chi connectivity index (χ1) is 14.7. The second-order valence-electron chi connectivity index (χ2n) is 9.83. The minimum Gasteiger partial charge on any atom is -0.351 e. The molecule has 2 heterocycles. The number of hydrogen-bond acceptors (Lipinski definition) is 5. The summed E-state index contributed by atoms with van der Waals surface area (Å²) in [5.74, 6) is 0.380. The van der Waals surface area contributed by atoms with E-state index in [-0.39, 0.29) is 54.4 Å². The van der Waals surface area contributed by atoms with Crippen molar-refractivity contribution in [3.05, 3.63) is 22.8 Å². The van der Waals surface area contributed by atoms with Crippen LogP contribution in [-0.2, 0) is 21.0 Å². The van der Waals surface area contributed by atoms with Crippen LogP contribution in [0.5, 0.6) is 0 Å². The van der Waals surface area contributed by atoms with Crippen molar-refractivity contribution in [2.24, 2.45) is 16.7 Å². The molecule has 32 heavy (non-hydrogen) atoms. The molecule has 0 radical (unpaired) electrons. The maximum absolute atomic E-state index is 13.3. The van der Waals surface area contributed by atoms with Gasteiger partial charge in [0.15, 0.2) is 0 Å². The average Bonchev–Trinajstić information content (AvgIpc) is 3.00. The van der Waals surface area contributed by atoms with Gasteiger partial charge in [-0.25, -0.2) is 13.4 Å². The predicted molar refractivity (Wildman–Crippen MR) is 115 cm³/mol. The van der Waals surface area contributed by atoms with Crippen LogP contribution in [0.1, 0.15) is 45.6 Å². The van der Waals surface area contributed by atoms with E-state index < -0.39 is 32.3 Å². The van der Waals surface area contributed by atoms with Crippen LogP contribution >= 0.6 is 11.6 Å². The molecule has 0 N–H and O–H groups in total. The number of carbonyl (C=O) groups is 1. The van der Waals surface area contributed by atoms with Crippen LogP contribution < -0.4 is 4.90 Å². The molecule has 2 bridgehead atoms. The highest BCUT2D eigenvalue weighted by Crippen LogP contribution is 2.64. The van der Waals surface area contributed by atoms with Gasteiger partial charge in [-0.3, -0.25) is 4.79 Å². The Hall–Kier alpha value is -1.39. The van der Waals surface area contributed by atoms with Crippen molar-refractivity contribution in [2.45, 2.75) is 52.3 Å². The van der Waals surface area contributed by atoms with E-state index in [1.807, 2.05) is 13.8 Å². The number of Topliss-reactive ketones (excluding diaryl/α,β-unsaturated/α-hetero) is 1. The van der Waals surface area contributed by atoms with E-state index in [1.165, 1.54) is 10.4 Å². The normalized spacial score (nSPS) is 30.8. The SMILES string of the molecule is C[C@H]1CN(S(=O)(=O)C[C@@]23CC[C@H](CC2=O)C3(C)C)CCN1c1ccc(C(F)(F)F)c(Cl)n1. The number of hydrogen-bond donors (Lipinski definition) is 0.